The lowest BCUT2D eigenvalue weighted by atomic mass is 10.1. The van der Waals surface area contributed by atoms with E-state index in [0.29, 0.717) is 5.75 Å². The molecule has 0 radical (unpaired) electrons. The molecular formula is C12H15NO4. The van der Waals surface area contributed by atoms with Gasteiger partial charge in [-0.3, -0.25) is 4.79 Å². The van der Waals surface area contributed by atoms with Crippen LogP contribution in [0.1, 0.15) is 17.5 Å². The van der Waals surface area contributed by atoms with Crippen molar-refractivity contribution in [3.63, 3.8) is 0 Å². The van der Waals surface area contributed by atoms with E-state index in [4.69, 9.17) is 9.84 Å². The van der Waals surface area contributed by atoms with Gasteiger partial charge >= 0.3 is 12.1 Å². The number of aliphatic carboxylic acids is 1. The van der Waals surface area contributed by atoms with Gasteiger partial charge in [0.05, 0.1) is 6.42 Å². The van der Waals surface area contributed by atoms with Crippen molar-refractivity contribution < 1.29 is 19.4 Å². The fourth-order valence-electron chi connectivity index (χ4n) is 1.22. The Labute approximate surface area is 99.4 Å². The van der Waals surface area contributed by atoms with Crippen LogP contribution in [0.3, 0.4) is 0 Å². The van der Waals surface area contributed by atoms with Gasteiger partial charge in [-0.05, 0) is 31.0 Å². The lowest BCUT2D eigenvalue weighted by Gasteiger charge is -2.08. The molecule has 0 fully saturated rings. The molecule has 0 spiro atoms. The van der Waals surface area contributed by atoms with Gasteiger partial charge in [0.2, 0.25) is 0 Å². The molecule has 0 atom stereocenters. The largest absolute Gasteiger partial charge is 0.481 e. The van der Waals surface area contributed by atoms with E-state index in [1.807, 2.05) is 26.0 Å². The van der Waals surface area contributed by atoms with Crippen LogP contribution in [0.25, 0.3) is 0 Å². The van der Waals surface area contributed by atoms with Crippen molar-refractivity contribution in [1.82, 2.24) is 5.32 Å². The van der Waals surface area contributed by atoms with Crippen molar-refractivity contribution in [1.29, 1.82) is 0 Å². The summed E-state index contributed by atoms with van der Waals surface area (Å²) in [6.45, 7) is 3.78. The average Bonchev–Trinajstić information content (AvgIpc) is 2.23. The summed E-state index contributed by atoms with van der Waals surface area (Å²) in [6, 6.07) is 5.53. The van der Waals surface area contributed by atoms with Crippen molar-refractivity contribution >= 4 is 12.1 Å². The highest BCUT2D eigenvalue weighted by atomic mass is 16.6. The Morgan fingerprint density at radius 3 is 2.71 bits per heavy atom. The van der Waals surface area contributed by atoms with E-state index in [1.165, 1.54) is 0 Å². The fraction of sp³-hybridized carbons (Fsp3) is 0.333. The highest BCUT2D eigenvalue weighted by molar-refractivity contribution is 5.72. The van der Waals surface area contributed by atoms with Gasteiger partial charge in [0, 0.05) is 6.54 Å². The number of aryl methyl sites for hydroxylation is 2. The van der Waals surface area contributed by atoms with Crippen LogP contribution in [-0.4, -0.2) is 23.7 Å². The van der Waals surface area contributed by atoms with Crippen molar-refractivity contribution in [2.24, 2.45) is 0 Å². The Kier molecular flexibility index (Phi) is 4.51. The lowest BCUT2D eigenvalue weighted by molar-refractivity contribution is -0.136. The van der Waals surface area contributed by atoms with E-state index in [0.717, 1.165) is 11.1 Å². The summed E-state index contributed by atoms with van der Waals surface area (Å²) in [5, 5.41) is 10.8. The number of carboxylic acid groups (broad SMARTS) is 1. The van der Waals surface area contributed by atoms with E-state index in [2.05, 4.69) is 5.32 Å². The molecule has 0 bridgehead atoms. The molecule has 0 unspecified atom stereocenters. The Morgan fingerprint density at radius 1 is 1.35 bits per heavy atom. The normalized spacial score (nSPS) is 9.76. The summed E-state index contributed by atoms with van der Waals surface area (Å²) in [5.41, 5.74) is 1.84. The van der Waals surface area contributed by atoms with Crippen molar-refractivity contribution in [3.05, 3.63) is 29.3 Å². The van der Waals surface area contributed by atoms with Gasteiger partial charge in [0.25, 0.3) is 0 Å². The zero-order chi connectivity index (χ0) is 12.8. The second-order valence-corrected chi connectivity index (χ2v) is 3.73. The van der Waals surface area contributed by atoms with Gasteiger partial charge in [-0.15, -0.1) is 0 Å². The van der Waals surface area contributed by atoms with Gasteiger partial charge in [-0.25, -0.2) is 4.79 Å². The number of ether oxygens (including phenoxy) is 1. The molecule has 92 valence electrons. The summed E-state index contributed by atoms with van der Waals surface area (Å²) in [4.78, 5) is 21.6. The molecule has 0 saturated heterocycles. The molecule has 0 aliphatic rings. The molecule has 0 heterocycles. The Morgan fingerprint density at radius 2 is 2.06 bits per heavy atom. The first-order valence-electron chi connectivity index (χ1n) is 5.24. The van der Waals surface area contributed by atoms with Gasteiger partial charge in [-0.1, -0.05) is 12.1 Å². The van der Waals surface area contributed by atoms with Gasteiger partial charge in [-0.2, -0.15) is 0 Å². The second-order valence-electron chi connectivity index (χ2n) is 3.73. The van der Waals surface area contributed by atoms with Gasteiger partial charge < -0.3 is 15.2 Å². The van der Waals surface area contributed by atoms with Crippen LogP contribution < -0.4 is 10.1 Å². The molecule has 5 heteroatoms. The maximum absolute atomic E-state index is 11.3. The monoisotopic (exact) mass is 237 g/mol. The number of benzene rings is 1. The van der Waals surface area contributed by atoms with Crippen LogP contribution in [0.15, 0.2) is 18.2 Å². The number of carboxylic acids is 1. The summed E-state index contributed by atoms with van der Waals surface area (Å²) in [5.74, 6) is -0.477. The Hall–Kier alpha value is -2.04. The third-order valence-electron chi connectivity index (χ3n) is 2.15. The van der Waals surface area contributed by atoms with Crippen molar-refractivity contribution in [3.8, 4) is 5.75 Å². The van der Waals surface area contributed by atoms with E-state index in [-0.39, 0.29) is 13.0 Å². The smallest absolute Gasteiger partial charge is 0.412 e. The topological polar surface area (TPSA) is 75.6 Å². The van der Waals surface area contributed by atoms with Crippen LogP contribution in [0.2, 0.25) is 0 Å². The van der Waals surface area contributed by atoms with Crippen LogP contribution >= 0.6 is 0 Å². The third-order valence-corrected chi connectivity index (χ3v) is 2.15. The van der Waals surface area contributed by atoms with Crippen LogP contribution in [0, 0.1) is 13.8 Å². The molecule has 0 aromatic heterocycles. The van der Waals surface area contributed by atoms with Gasteiger partial charge in [0.1, 0.15) is 5.75 Å². The molecule has 0 aliphatic heterocycles. The van der Waals surface area contributed by atoms with E-state index in [1.54, 1.807) is 6.07 Å². The van der Waals surface area contributed by atoms with Crippen LogP contribution in [0.5, 0.6) is 5.75 Å². The number of amides is 1. The predicted molar refractivity (Wildman–Crippen MR) is 62.2 cm³/mol. The number of carbonyl (C=O) groups excluding carboxylic acids is 1. The lowest BCUT2D eigenvalue weighted by Crippen LogP contribution is -2.29. The molecule has 2 N–H and O–H groups in total. The molecule has 5 nitrogen and oxygen atoms in total. The Balaban J connectivity index is 2.50. The van der Waals surface area contributed by atoms with Crippen molar-refractivity contribution in [2.45, 2.75) is 20.3 Å². The average molecular weight is 237 g/mol. The first kappa shape index (κ1) is 13.0. The summed E-state index contributed by atoms with van der Waals surface area (Å²) < 4.78 is 5.06. The predicted octanol–water partition coefficient (Wildman–Crippen LogP) is 1.87. The second kappa shape index (κ2) is 5.89. The highest BCUT2D eigenvalue weighted by Crippen LogP contribution is 2.18. The number of nitrogens with one attached hydrogen (secondary N) is 1. The fourth-order valence-corrected chi connectivity index (χ4v) is 1.22. The maximum atomic E-state index is 11.3. The van der Waals surface area contributed by atoms with Crippen LogP contribution in [0.4, 0.5) is 4.79 Å². The molecule has 1 rings (SSSR count). The SMILES string of the molecule is Cc1ccc(C)c(OC(=O)NCCC(=O)O)c1. The van der Waals surface area contributed by atoms with Gasteiger partial charge in [0.15, 0.2) is 0 Å². The molecule has 0 saturated carbocycles. The molecule has 1 amide bonds. The number of hydrogen-bond donors (Lipinski definition) is 2. The highest BCUT2D eigenvalue weighted by Gasteiger charge is 2.07. The zero-order valence-electron chi connectivity index (χ0n) is 9.82. The molecule has 0 aliphatic carbocycles. The quantitative estimate of drug-likeness (QED) is 0.838. The number of hydrogen-bond acceptors (Lipinski definition) is 3. The Bertz CT molecular complexity index is 429. The third kappa shape index (κ3) is 4.55. The standard InChI is InChI=1S/C12H15NO4/c1-8-3-4-9(2)10(7-8)17-12(16)13-6-5-11(14)15/h3-4,7H,5-6H2,1-2H3,(H,13,16)(H,14,15). The minimum absolute atomic E-state index is 0.0546. The number of carbonyl (C=O) groups is 2. The van der Waals surface area contributed by atoms with Crippen LogP contribution in [-0.2, 0) is 4.79 Å². The summed E-state index contributed by atoms with van der Waals surface area (Å²) in [6.07, 6.45) is -0.762. The van der Waals surface area contributed by atoms with E-state index in [9.17, 15) is 9.59 Å². The zero-order valence-corrected chi connectivity index (χ0v) is 9.82. The molecule has 1 aromatic rings. The minimum Gasteiger partial charge on any atom is -0.481 e. The first-order valence-corrected chi connectivity index (χ1v) is 5.24. The maximum Gasteiger partial charge on any atom is 0.412 e. The minimum atomic E-state index is -0.961. The molecule has 17 heavy (non-hydrogen) atoms. The molecule has 1 aromatic carbocycles. The van der Waals surface area contributed by atoms with E-state index >= 15 is 0 Å². The molecular weight excluding hydrogens is 222 g/mol. The summed E-state index contributed by atoms with van der Waals surface area (Å²) in [7, 11) is 0. The van der Waals surface area contributed by atoms with E-state index < -0.39 is 12.1 Å². The summed E-state index contributed by atoms with van der Waals surface area (Å²) >= 11 is 0. The number of rotatable bonds is 4. The first-order chi connectivity index (χ1) is 7.99. The van der Waals surface area contributed by atoms with Crippen molar-refractivity contribution in [2.75, 3.05) is 6.54 Å².